The first kappa shape index (κ1) is 17.0. The predicted molar refractivity (Wildman–Crippen MR) is 88.4 cm³/mol. The summed E-state index contributed by atoms with van der Waals surface area (Å²) in [6.07, 6.45) is 6.92. The first-order chi connectivity index (χ1) is 10.5. The molecule has 0 bridgehead atoms. The summed E-state index contributed by atoms with van der Waals surface area (Å²) in [4.78, 5) is 12.4. The highest BCUT2D eigenvalue weighted by Gasteiger charge is 2.31. The quantitative estimate of drug-likeness (QED) is 0.827. The summed E-state index contributed by atoms with van der Waals surface area (Å²) >= 11 is 0. The van der Waals surface area contributed by atoms with Crippen molar-refractivity contribution in [3.8, 4) is 0 Å². The summed E-state index contributed by atoms with van der Waals surface area (Å²) in [5.41, 5.74) is 0.999. The zero-order valence-corrected chi connectivity index (χ0v) is 14.0. The minimum atomic E-state index is -0.425. The Hall–Kier alpha value is -1.38. The summed E-state index contributed by atoms with van der Waals surface area (Å²) in [5, 5.41) is 3.11. The summed E-state index contributed by atoms with van der Waals surface area (Å²) in [6, 6.07) is 4.99. The number of benzene rings is 1. The predicted octanol–water partition coefficient (Wildman–Crippen LogP) is 4.86. The van der Waals surface area contributed by atoms with Gasteiger partial charge in [0.25, 0.3) is 5.91 Å². The smallest absolute Gasteiger partial charge is 0.254 e. The zero-order valence-electron chi connectivity index (χ0n) is 14.0. The van der Waals surface area contributed by atoms with Crippen molar-refractivity contribution in [3.63, 3.8) is 0 Å². The zero-order chi connectivity index (χ0) is 16.1. The van der Waals surface area contributed by atoms with Crippen LogP contribution in [0.4, 0.5) is 4.39 Å². The third-order valence-electron chi connectivity index (χ3n) is 5.00. The molecule has 1 saturated carbocycles. The highest BCUT2D eigenvalue weighted by atomic mass is 19.1. The molecule has 1 fully saturated rings. The van der Waals surface area contributed by atoms with E-state index in [1.54, 1.807) is 12.1 Å². The van der Waals surface area contributed by atoms with E-state index in [0.717, 1.165) is 24.8 Å². The van der Waals surface area contributed by atoms with Gasteiger partial charge in [-0.3, -0.25) is 4.79 Å². The molecule has 1 aromatic rings. The number of amides is 1. The molecule has 0 spiro atoms. The number of hydrogen-bond acceptors (Lipinski definition) is 1. The Morgan fingerprint density at radius 1 is 1.36 bits per heavy atom. The van der Waals surface area contributed by atoms with Crippen molar-refractivity contribution in [1.82, 2.24) is 5.32 Å². The highest BCUT2D eigenvalue weighted by Crippen LogP contribution is 2.33. The molecule has 3 unspecified atom stereocenters. The van der Waals surface area contributed by atoms with Crippen LogP contribution in [-0.4, -0.2) is 11.9 Å². The Morgan fingerprint density at radius 2 is 2.14 bits per heavy atom. The number of carbonyl (C=O) groups excluding carboxylic acids is 1. The van der Waals surface area contributed by atoms with Crippen molar-refractivity contribution in [2.45, 2.75) is 65.3 Å². The number of aryl methyl sites for hydroxylation is 1. The molecule has 0 heterocycles. The molecule has 1 N–H and O–H groups in total. The van der Waals surface area contributed by atoms with Crippen LogP contribution in [0.25, 0.3) is 0 Å². The van der Waals surface area contributed by atoms with Gasteiger partial charge in [0, 0.05) is 6.04 Å². The van der Waals surface area contributed by atoms with E-state index in [0.29, 0.717) is 11.8 Å². The Kier molecular flexibility index (Phi) is 5.98. The topological polar surface area (TPSA) is 29.1 Å². The van der Waals surface area contributed by atoms with E-state index in [1.165, 1.54) is 25.3 Å². The van der Waals surface area contributed by atoms with Crippen LogP contribution in [-0.2, 0) is 0 Å². The third kappa shape index (κ3) is 4.08. The van der Waals surface area contributed by atoms with Crippen molar-refractivity contribution in [1.29, 1.82) is 0 Å². The lowest BCUT2D eigenvalue weighted by molar-refractivity contribution is 0.0870. The van der Waals surface area contributed by atoms with E-state index in [9.17, 15) is 9.18 Å². The van der Waals surface area contributed by atoms with Crippen LogP contribution >= 0.6 is 0 Å². The molecule has 0 aliphatic heterocycles. The molecule has 3 atom stereocenters. The van der Waals surface area contributed by atoms with Gasteiger partial charge < -0.3 is 5.32 Å². The normalized spacial score (nSPS) is 25.0. The Balaban J connectivity index is 2.07. The first-order valence-electron chi connectivity index (χ1n) is 8.60. The number of hydrogen-bond donors (Lipinski definition) is 1. The van der Waals surface area contributed by atoms with Gasteiger partial charge >= 0.3 is 0 Å². The molecule has 2 rings (SSSR count). The second-order valence-electron chi connectivity index (χ2n) is 6.78. The lowest BCUT2D eigenvalue weighted by Crippen LogP contribution is -2.45. The van der Waals surface area contributed by atoms with Gasteiger partial charge in [-0.2, -0.15) is 0 Å². The van der Waals surface area contributed by atoms with Gasteiger partial charge in [0.1, 0.15) is 5.82 Å². The molecule has 0 aromatic heterocycles. The number of nitrogens with one attached hydrogen (secondary N) is 1. The molecule has 1 aliphatic rings. The standard InChI is InChI=1S/C19H28FNO/c1-4-5-8-15-14(3)7-6-9-18(15)21-19(22)16-11-10-13(2)12-17(16)20/h10-12,14-15,18H,4-9H2,1-3H3,(H,21,22). The molecule has 1 aliphatic carbocycles. The minimum absolute atomic E-state index is 0.165. The fourth-order valence-corrected chi connectivity index (χ4v) is 3.64. The van der Waals surface area contributed by atoms with E-state index in [-0.39, 0.29) is 17.5 Å². The van der Waals surface area contributed by atoms with Gasteiger partial charge in [-0.15, -0.1) is 0 Å². The van der Waals surface area contributed by atoms with Crippen molar-refractivity contribution < 1.29 is 9.18 Å². The molecule has 22 heavy (non-hydrogen) atoms. The highest BCUT2D eigenvalue weighted by molar-refractivity contribution is 5.94. The second-order valence-corrected chi connectivity index (χ2v) is 6.78. The molecular formula is C19H28FNO. The van der Waals surface area contributed by atoms with Crippen molar-refractivity contribution in [2.75, 3.05) is 0 Å². The molecule has 0 radical (unpaired) electrons. The van der Waals surface area contributed by atoms with Gasteiger partial charge in [0.15, 0.2) is 0 Å². The van der Waals surface area contributed by atoms with Crippen LogP contribution in [0.2, 0.25) is 0 Å². The maximum Gasteiger partial charge on any atom is 0.254 e. The number of halogens is 1. The minimum Gasteiger partial charge on any atom is -0.349 e. The Bertz CT molecular complexity index is 514. The molecular weight excluding hydrogens is 277 g/mol. The number of unbranched alkanes of at least 4 members (excludes halogenated alkanes) is 1. The van der Waals surface area contributed by atoms with Gasteiger partial charge in [-0.05, 0) is 49.3 Å². The first-order valence-corrected chi connectivity index (χ1v) is 8.60. The Morgan fingerprint density at radius 3 is 2.82 bits per heavy atom. The average molecular weight is 305 g/mol. The molecule has 1 amide bonds. The van der Waals surface area contributed by atoms with Crippen molar-refractivity contribution in [2.24, 2.45) is 11.8 Å². The number of rotatable bonds is 5. The van der Waals surface area contributed by atoms with Crippen LogP contribution in [0.15, 0.2) is 18.2 Å². The van der Waals surface area contributed by atoms with Crippen LogP contribution in [0.3, 0.4) is 0 Å². The van der Waals surface area contributed by atoms with Gasteiger partial charge in [0.2, 0.25) is 0 Å². The maximum atomic E-state index is 14.0. The van der Waals surface area contributed by atoms with Gasteiger partial charge in [-0.1, -0.05) is 45.6 Å². The van der Waals surface area contributed by atoms with Crippen LogP contribution in [0.5, 0.6) is 0 Å². The van der Waals surface area contributed by atoms with E-state index in [2.05, 4.69) is 19.2 Å². The lowest BCUT2D eigenvalue weighted by atomic mass is 9.74. The largest absolute Gasteiger partial charge is 0.349 e. The molecule has 0 saturated heterocycles. The van der Waals surface area contributed by atoms with E-state index >= 15 is 0 Å². The average Bonchev–Trinajstić information content (AvgIpc) is 2.46. The summed E-state index contributed by atoms with van der Waals surface area (Å²) in [7, 11) is 0. The summed E-state index contributed by atoms with van der Waals surface area (Å²) < 4.78 is 14.0. The van der Waals surface area contributed by atoms with Crippen LogP contribution in [0, 0.1) is 24.6 Å². The van der Waals surface area contributed by atoms with E-state index < -0.39 is 5.82 Å². The third-order valence-corrected chi connectivity index (χ3v) is 5.00. The molecule has 3 heteroatoms. The summed E-state index contributed by atoms with van der Waals surface area (Å²) in [6.45, 7) is 6.31. The maximum absolute atomic E-state index is 14.0. The van der Waals surface area contributed by atoms with Gasteiger partial charge in [0.05, 0.1) is 5.56 Å². The monoisotopic (exact) mass is 305 g/mol. The lowest BCUT2D eigenvalue weighted by Gasteiger charge is -2.37. The molecule has 2 nitrogen and oxygen atoms in total. The van der Waals surface area contributed by atoms with Gasteiger partial charge in [-0.25, -0.2) is 4.39 Å². The van der Waals surface area contributed by atoms with E-state index in [1.807, 2.05) is 6.92 Å². The molecule has 1 aromatic carbocycles. The number of carbonyl (C=O) groups is 1. The van der Waals surface area contributed by atoms with Crippen molar-refractivity contribution >= 4 is 5.91 Å². The van der Waals surface area contributed by atoms with Crippen molar-refractivity contribution in [3.05, 3.63) is 35.1 Å². The molecule has 122 valence electrons. The van der Waals surface area contributed by atoms with Crippen LogP contribution in [0.1, 0.15) is 68.3 Å². The second kappa shape index (κ2) is 7.75. The fraction of sp³-hybridized carbons (Fsp3) is 0.632. The Labute approximate surface area is 133 Å². The fourth-order valence-electron chi connectivity index (χ4n) is 3.64. The SMILES string of the molecule is CCCCC1C(C)CCCC1NC(=O)c1ccc(C)cc1F. The summed E-state index contributed by atoms with van der Waals surface area (Å²) in [5.74, 6) is 0.462. The van der Waals surface area contributed by atoms with E-state index in [4.69, 9.17) is 0 Å². The van der Waals surface area contributed by atoms with Crippen LogP contribution < -0.4 is 5.32 Å².